The number of nitrogens with zero attached hydrogens (tertiary/aromatic N) is 2. The molecule has 0 N–H and O–H groups in total. The van der Waals surface area contributed by atoms with Crippen LogP contribution in [-0.2, 0) is 13.0 Å². The Balaban J connectivity index is 1.80. The summed E-state index contributed by atoms with van der Waals surface area (Å²) < 4.78 is 3.58. The Hall–Kier alpha value is -0.390. The van der Waals surface area contributed by atoms with Crippen molar-refractivity contribution in [3.63, 3.8) is 0 Å². The Morgan fingerprint density at radius 1 is 1.40 bits per heavy atom. The molecule has 1 aromatic heterocycles. The number of hydrogen-bond donors (Lipinski definition) is 0. The smallest absolute Gasteiger partial charge is 0.0946 e. The minimum Gasteiger partial charge on any atom is -0.335 e. The quantitative estimate of drug-likeness (QED) is 0.793. The Bertz CT molecular complexity index is 556. The molecule has 5 heteroatoms. The van der Waals surface area contributed by atoms with E-state index in [4.69, 9.17) is 0 Å². The monoisotopic (exact) mass is 368 g/mol. The van der Waals surface area contributed by atoms with Crippen LogP contribution in [0.4, 0.5) is 0 Å². The van der Waals surface area contributed by atoms with Gasteiger partial charge in [0, 0.05) is 34.4 Å². The molecule has 0 aliphatic carbocycles. The number of benzene rings is 1. The first-order valence-electron chi connectivity index (χ1n) is 6.67. The molecule has 2 heterocycles. The van der Waals surface area contributed by atoms with Gasteiger partial charge in [0.05, 0.1) is 10.4 Å². The SMILES string of the molecule is CC1CSC(Cc2ccc(Br)cc2)(Cn2ccnc2)S1. The van der Waals surface area contributed by atoms with Gasteiger partial charge in [0.1, 0.15) is 0 Å². The summed E-state index contributed by atoms with van der Waals surface area (Å²) in [7, 11) is 0. The summed E-state index contributed by atoms with van der Waals surface area (Å²) in [6, 6.07) is 8.72. The predicted molar refractivity (Wildman–Crippen MR) is 92.3 cm³/mol. The van der Waals surface area contributed by atoms with Crippen molar-refractivity contribution in [3.05, 3.63) is 53.0 Å². The molecule has 2 nitrogen and oxygen atoms in total. The Labute approximate surface area is 136 Å². The number of hydrogen-bond acceptors (Lipinski definition) is 3. The number of imidazole rings is 1. The summed E-state index contributed by atoms with van der Waals surface area (Å²) in [6.45, 7) is 3.34. The summed E-state index contributed by atoms with van der Waals surface area (Å²) in [6.07, 6.45) is 6.94. The third-order valence-electron chi connectivity index (χ3n) is 3.37. The van der Waals surface area contributed by atoms with Gasteiger partial charge in [0.15, 0.2) is 0 Å². The summed E-state index contributed by atoms with van der Waals surface area (Å²) in [5.41, 5.74) is 1.41. The van der Waals surface area contributed by atoms with E-state index >= 15 is 0 Å². The van der Waals surface area contributed by atoms with Crippen LogP contribution in [-0.4, -0.2) is 24.6 Å². The molecule has 2 unspecified atom stereocenters. The van der Waals surface area contributed by atoms with Crippen molar-refractivity contribution in [2.45, 2.75) is 29.2 Å². The van der Waals surface area contributed by atoms with E-state index in [-0.39, 0.29) is 4.08 Å². The van der Waals surface area contributed by atoms with Crippen molar-refractivity contribution >= 4 is 39.5 Å². The van der Waals surface area contributed by atoms with E-state index in [1.54, 1.807) is 0 Å². The van der Waals surface area contributed by atoms with Crippen molar-refractivity contribution in [1.82, 2.24) is 9.55 Å². The zero-order valence-corrected chi connectivity index (χ0v) is 14.5. The van der Waals surface area contributed by atoms with E-state index in [0.717, 1.165) is 22.7 Å². The molecule has 20 heavy (non-hydrogen) atoms. The first-order valence-corrected chi connectivity index (χ1v) is 9.33. The van der Waals surface area contributed by atoms with Crippen molar-refractivity contribution in [1.29, 1.82) is 0 Å². The maximum absolute atomic E-state index is 4.17. The molecule has 1 saturated heterocycles. The second-order valence-corrected chi connectivity index (χ2v) is 9.59. The van der Waals surface area contributed by atoms with E-state index in [1.807, 2.05) is 12.5 Å². The van der Waals surface area contributed by atoms with E-state index < -0.39 is 0 Å². The Kier molecular flexibility index (Phi) is 4.48. The minimum absolute atomic E-state index is 0.230. The summed E-state index contributed by atoms with van der Waals surface area (Å²) in [5, 5.41) is 0.721. The maximum atomic E-state index is 4.17. The van der Waals surface area contributed by atoms with Crippen LogP contribution in [0.25, 0.3) is 0 Å². The van der Waals surface area contributed by atoms with Gasteiger partial charge in [-0.2, -0.15) is 0 Å². The Morgan fingerprint density at radius 2 is 2.20 bits per heavy atom. The maximum Gasteiger partial charge on any atom is 0.0946 e. The molecule has 3 rings (SSSR count). The highest BCUT2D eigenvalue weighted by Crippen LogP contribution is 2.50. The number of thioether (sulfide) groups is 2. The van der Waals surface area contributed by atoms with Crippen molar-refractivity contribution in [2.24, 2.45) is 0 Å². The molecular formula is C15H17BrN2S2. The molecule has 0 radical (unpaired) electrons. The zero-order valence-electron chi connectivity index (χ0n) is 11.3. The topological polar surface area (TPSA) is 17.8 Å². The summed E-state index contributed by atoms with van der Waals surface area (Å²) in [4.78, 5) is 4.17. The van der Waals surface area contributed by atoms with Gasteiger partial charge in [-0.05, 0) is 24.1 Å². The van der Waals surface area contributed by atoms with Gasteiger partial charge in [-0.15, -0.1) is 23.5 Å². The van der Waals surface area contributed by atoms with Crippen LogP contribution in [0.15, 0.2) is 47.5 Å². The van der Waals surface area contributed by atoms with Crippen LogP contribution in [0.3, 0.4) is 0 Å². The van der Waals surface area contributed by atoms with Crippen LogP contribution in [0.1, 0.15) is 12.5 Å². The number of halogens is 1. The molecule has 1 aliphatic heterocycles. The van der Waals surface area contributed by atoms with Gasteiger partial charge < -0.3 is 4.57 Å². The first kappa shape index (κ1) is 14.5. The van der Waals surface area contributed by atoms with Crippen LogP contribution < -0.4 is 0 Å². The van der Waals surface area contributed by atoms with Gasteiger partial charge in [0.25, 0.3) is 0 Å². The molecule has 0 spiro atoms. The molecule has 106 valence electrons. The van der Waals surface area contributed by atoms with Crippen molar-refractivity contribution < 1.29 is 0 Å². The molecule has 1 aliphatic rings. The van der Waals surface area contributed by atoms with Crippen molar-refractivity contribution in [2.75, 3.05) is 5.75 Å². The highest BCUT2D eigenvalue weighted by molar-refractivity contribution is 9.10. The summed E-state index contributed by atoms with van der Waals surface area (Å²) >= 11 is 7.72. The highest BCUT2D eigenvalue weighted by atomic mass is 79.9. The average molecular weight is 369 g/mol. The van der Waals surface area contributed by atoms with Crippen LogP contribution in [0, 0.1) is 0 Å². The lowest BCUT2D eigenvalue weighted by atomic mass is 10.1. The average Bonchev–Trinajstić information content (AvgIpc) is 3.04. The number of rotatable bonds is 4. The standard InChI is InChI=1S/C15H17BrN2S2/c1-12-9-19-15(20-12,10-18-7-6-17-11-18)8-13-2-4-14(16)5-3-13/h2-7,11-12H,8-10H2,1H3. The fourth-order valence-corrected chi connectivity index (χ4v) is 6.47. The molecule has 0 saturated carbocycles. The van der Waals surface area contributed by atoms with Crippen LogP contribution in [0.2, 0.25) is 0 Å². The lowest BCUT2D eigenvalue weighted by Gasteiger charge is -2.28. The fourth-order valence-electron chi connectivity index (χ4n) is 2.51. The van der Waals surface area contributed by atoms with E-state index in [2.05, 4.69) is 86.4 Å². The van der Waals surface area contributed by atoms with Crippen LogP contribution >= 0.6 is 39.5 Å². The van der Waals surface area contributed by atoms with Gasteiger partial charge >= 0.3 is 0 Å². The molecule has 0 bridgehead atoms. The van der Waals surface area contributed by atoms with Gasteiger partial charge in [-0.1, -0.05) is 35.0 Å². The molecular weight excluding hydrogens is 352 g/mol. The lowest BCUT2D eigenvalue weighted by molar-refractivity contribution is 0.625. The molecule has 2 aromatic rings. The third-order valence-corrected chi connectivity index (χ3v) is 7.49. The Morgan fingerprint density at radius 3 is 2.80 bits per heavy atom. The molecule has 1 fully saturated rings. The molecule has 0 amide bonds. The van der Waals surface area contributed by atoms with Crippen LogP contribution in [0.5, 0.6) is 0 Å². The van der Waals surface area contributed by atoms with Gasteiger partial charge in [0.2, 0.25) is 0 Å². The minimum atomic E-state index is 0.230. The van der Waals surface area contributed by atoms with Gasteiger partial charge in [-0.25, -0.2) is 4.98 Å². The summed E-state index contributed by atoms with van der Waals surface area (Å²) in [5.74, 6) is 1.23. The van der Waals surface area contributed by atoms with E-state index in [1.165, 1.54) is 11.3 Å². The predicted octanol–water partition coefficient (Wildman–Crippen LogP) is 4.45. The third kappa shape index (κ3) is 3.43. The molecule has 2 atom stereocenters. The first-order chi connectivity index (χ1) is 9.65. The lowest BCUT2D eigenvalue weighted by Crippen LogP contribution is -2.27. The highest BCUT2D eigenvalue weighted by Gasteiger charge is 2.39. The second-order valence-electron chi connectivity index (χ2n) is 5.19. The number of aromatic nitrogens is 2. The normalized spacial score (nSPS) is 26.0. The largest absolute Gasteiger partial charge is 0.335 e. The molecule has 1 aromatic carbocycles. The van der Waals surface area contributed by atoms with E-state index in [0.29, 0.717) is 0 Å². The second kappa shape index (κ2) is 6.16. The van der Waals surface area contributed by atoms with Gasteiger partial charge in [-0.3, -0.25) is 0 Å². The van der Waals surface area contributed by atoms with Crippen molar-refractivity contribution in [3.8, 4) is 0 Å². The zero-order chi connectivity index (χ0) is 14.0. The van der Waals surface area contributed by atoms with E-state index in [9.17, 15) is 0 Å². The fraction of sp³-hybridized carbons (Fsp3) is 0.400.